The molecule has 3 heterocycles. The molecule has 0 saturated carbocycles. The summed E-state index contributed by atoms with van der Waals surface area (Å²) in [7, 11) is 0. The van der Waals surface area contributed by atoms with Gasteiger partial charge in [-0.2, -0.15) is 0 Å². The third-order valence-electron chi connectivity index (χ3n) is 3.81. The maximum Gasteiger partial charge on any atom is 0.194 e. The topological polar surface area (TPSA) is 66.5 Å². The number of pyridine rings is 1. The van der Waals surface area contributed by atoms with Crippen molar-refractivity contribution in [3.05, 3.63) is 46.8 Å². The van der Waals surface area contributed by atoms with E-state index in [1.807, 2.05) is 18.2 Å². The average molecular weight is 443 g/mol. The minimum absolute atomic E-state index is 0. The van der Waals surface area contributed by atoms with Gasteiger partial charge in [0.2, 0.25) is 0 Å². The Kier molecular flexibility index (Phi) is 7.25. The van der Waals surface area contributed by atoms with Crippen LogP contribution in [-0.4, -0.2) is 35.5 Å². The van der Waals surface area contributed by atoms with Crippen LogP contribution >= 0.6 is 35.3 Å². The van der Waals surface area contributed by atoms with E-state index in [0.717, 1.165) is 18.9 Å². The molecule has 0 aliphatic carbocycles. The Bertz CT molecular complexity index is 596. The van der Waals surface area contributed by atoms with Gasteiger partial charge >= 0.3 is 0 Å². The molecule has 1 fully saturated rings. The van der Waals surface area contributed by atoms with Gasteiger partial charge in [-0.1, -0.05) is 12.1 Å². The lowest BCUT2D eigenvalue weighted by Crippen LogP contribution is -2.29. The highest BCUT2D eigenvalue weighted by Gasteiger charge is 2.23. The second-order valence-corrected chi connectivity index (χ2v) is 6.32. The fourth-order valence-electron chi connectivity index (χ4n) is 2.71. The second-order valence-electron chi connectivity index (χ2n) is 5.34. The van der Waals surface area contributed by atoms with Crippen LogP contribution < -0.4 is 11.1 Å². The molecule has 1 atom stereocenters. The Morgan fingerprint density at radius 1 is 1.30 bits per heavy atom. The molecule has 0 spiro atoms. The smallest absolute Gasteiger partial charge is 0.194 e. The second kappa shape index (κ2) is 9.19. The summed E-state index contributed by atoms with van der Waals surface area (Å²) in [4.78, 5) is 12.6. The van der Waals surface area contributed by atoms with Crippen molar-refractivity contribution >= 4 is 47.1 Å². The minimum atomic E-state index is 0. The standard InChI is InChI=1S/C16H21N5S.HI/c17-16(20-15-7-1-2-8-18-15)19-12-13(14-6-5-11-22-14)21-9-3-4-10-21;/h1-2,5-8,11,13H,3-4,9-10,12H2,(H3,17,18,19,20);1H. The van der Waals surface area contributed by atoms with Crippen LogP contribution in [0.2, 0.25) is 0 Å². The van der Waals surface area contributed by atoms with E-state index in [2.05, 4.69) is 37.7 Å². The van der Waals surface area contributed by atoms with Crippen LogP contribution in [0.5, 0.6) is 0 Å². The Morgan fingerprint density at radius 2 is 2.13 bits per heavy atom. The molecule has 2 aromatic rings. The molecule has 1 aliphatic rings. The molecule has 7 heteroatoms. The molecule has 1 unspecified atom stereocenters. The van der Waals surface area contributed by atoms with Crippen molar-refractivity contribution < 1.29 is 0 Å². The van der Waals surface area contributed by atoms with Gasteiger partial charge in [0.1, 0.15) is 5.82 Å². The first kappa shape index (κ1) is 18.2. The number of guanidine groups is 1. The first-order chi connectivity index (χ1) is 10.8. The highest BCUT2D eigenvalue weighted by molar-refractivity contribution is 14.0. The molecular formula is C16H22IN5S. The SMILES string of the molecule is I.NC(=NCC(c1cccs1)N1CCCC1)Nc1ccccn1. The van der Waals surface area contributed by atoms with Crippen molar-refractivity contribution in [2.45, 2.75) is 18.9 Å². The largest absolute Gasteiger partial charge is 0.370 e. The van der Waals surface area contributed by atoms with Gasteiger partial charge in [-0.25, -0.2) is 4.98 Å². The molecule has 0 radical (unpaired) electrons. The highest BCUT2D eigenvalue weighted by atomic mass is 127. The van der Waals surface area contributed by atoms with Crippen molar-refractivity contribution in [1.29, 1.82) is 0 Å². The molecular weight excluding hydrogens is 421 g/mol. The van der Waals surface area contributed by atoms with Crippen LogP contribution in [0, 0.1) is 0 Å². The predicted octanol–water partition coefficient (Wildman–Crippen LogP) is 3.32. The third-order valence-corrected chi connectivity index (χ3v) is 4.78. The quantitative estimate of drug-likeness (QED) is 0.423. The van der Waals surface area contributed by atoms with Crippen LogP contribution in [0.15, 0.2) is 46.9 Å². The summed E-state index contributed by atoms with van der Waals surface area (Å²) in [6.07, 6.45) is 4.27. The number of halogens is 1. The number of nitrogens with zero attached hydrogens (tertiary/aromatic N) is 3. The number of thiophene rings is 1. The van der Waals surface area contributed by atoms with E-state index in [-0.39, 0.29) is 24.0 Å². The van der Waals surface area contributed by atoms with Crippen LogP contribution in [0.4, 0.5) is 5.82 Å². The number of aliphatic imine (C=N–C) groups is 1. The molecule has 124 valence electrons. The zero-order chi connectivity index (χ0) is 15.2. The summed E-state index contributed by atoms with van der Waals surface area (Å²) < 4.78 is 0. The summed E-state index contributed by atoms with van der Waals surface area (Å²) in [6.45, 7) is 2.96. The zero-order valence-electron chi connectivity index (χ0n) is 12.9. The van der Waals surface area contributed by atoms with Crippen molar-refractivity contribution in [3.8, 4) is 0 Å². The van der Waals surface area contributed by atoms with E-state index in [9.17, 15) is 0 Å². The van der Waals surface area contributed by atoms with Gasteiger partial charge in [-0.15, -0.1) is 35.3 Å². The molecule has 5 nitrogen and oxygen atoms in total. The fraction of sp³-hybridized carbons (Fsp3) is 0.375. The molecule has 3 N–H and O–H groups in total. The van der Waals surface area contributed by atoms with Crippen molar-refractivity contribution in [2.24, 2.45) is 10.7 Å². The summed E-state index contributed by atoms with van der Waals surface area (Å²) in [5, 5.41) is 5.16. The molecule has 23 heavy (non-hydrogen) atoms. The van der Waals surface area contributed by atoms with E-state index < -0.39 is 0 Å². The van der Waals surface area contributed by atoms with E-state index in [1.165, 1.54) is 17.7 Å². The molecule has 1 saturated heterocycles. The Hall–Kier alpha value is -1.19. The Labute approximate surface area is 158 Å². The van der Waals surface area contributed by atoms with Crippen molar-refractivity contribution in [1.82, 2.24) is 9.88 Å². The van der Waals surface area contributed by atoms with Crippen LogP contribution in [-0.2, 0) is 0 Å². The number of anilines is 1. The van der Waals surface area contributed by atoms with Crippen molar-refractivity contribution in [2.75, 3.05) is 25.0 Å². The van der Waals surface area contributed by atoms with Gasteiger partial charge in [-0.05, 0) is 49.5 Å². The van der Waals surface area contributed by atoms with Gasteiger partial charge in [-0.3, -0.25) is 9.89 Å². The number of rotatable bonds is 5. The van der Waals surface area contributed by atoms with Gasteiger partial charge in [0, 0.05) is 11.1 Å². The first-order valence-electron chi connectivity index (χ1n) is 7.58. The highest BCUT2D eigenvalue weighted by Crippen LogP contribution is 2.28. The molecule has 0 amide bonds. The lowest BCUT2D eigenvalue weighted by atomic mass is 10.2. The van der Waals surface area contributed by atoms with Crippen LogP contribution in [0.25, 0.3) is 0 Å². The monoisotopic (exact) mass is 443 g/mol. The number of likely N-dealkylation sites (tertiary alicyclic amines) is 1. The van der Waals surface area contributed by atoms with Gasteiger partial charge < -0.3 is 11.1 Å². The van der Waals surface area contributed by atoms with Gasteiger partial charge in [0.25, 0.3) is 0 Å². The first-order valence-corrected chi connectivity index (χ1v) is 8.46. The van der Waals surface area contributed by atoms with E-state index in [1.54, 1.807) is 17.5 Å². The Morgan fingerprint density at radius 3 is 2.78 bits per heavy atom. The number of nitrogens with one attached hydrogen (secondary N) is 1. The number of aromatic nitrogens is 1. The van der Waals surface area contributed by atoms with E-state index >= 15 is 0 Å². The number of hydrogen-bond acceptors (Lipinski definition) is 4. The number of hydrogen-bond donors (Lipinski definition) is 2. The summed E-state index contributed by atoms with van der Waals surface area (Å²) >= 11 is 1.79. The summed E-state index contributed by atoms with van der Waals surface area (Å²) in [5.41, 5.74) is 5.99. The number of nitrogens with two attached hydrogens (primary N) is 1. The summed E-state index contributed by atoms with van der Waals surface area (Å²) in [5.74, 6) is 1.14. The lowest BCUT2D eigenvalue weighted by molar-refractivity contribution is 0.255. The van der Waals surface area contributed by atoms with Crippen molar-refractivity contribution in [3.63, 3.8) is 0 Å². The maximum atomic E-state index is 5.99. The molecule has 0 aromatic carbocycles. The van der Waals surface area contributed by atoms with E-state index in [0.29, 0.717) is 18.5 Å². The Balaban J connectivity index is 0.00000192. The molecule has 1 aliphatic heterocycles. The lowest BCUT2D eigenvalue weighted by Gasteiger charge is -2.25. The molecule has 3 rings (SSSR count). The normalized spacial score (nSPS) is 16.8. The minimum Gasteiger partial charge on any atom is -0.370 e. The average Bonchev–Trinajstić information content (AvgIpc) is 3.22. The predicted molar refractivity (Wildman–Crippen MR) is 108 cm³/mol. The third kappa shape index (κ3) is 5.15. The molecule has 2 aromatic heterocycles. The van der Waals surface area contributed by atoms with E-state index in [4.69, 9.17) is 5.73 Å². The fourth-order valence-corrected chi connectivity index (χ4v) is 3.56. The molecule has 0 bridgehead atoms. The van der Waals surface area contributed by atoms with Gasteiger partial charge in [0.15, 0.2) is 5.96 Å². The maximum absolute atomic E-state index is 5.99. The van der Waals surface area contributed by atoms with Crippen LogP contribution in [0.1, 0.15) is 23.8 Å². The van der Waals surface area contributed by atoms with Crippen LogP contribution in [0.3, 0.4) is 0 Å². The summed E-state index contributed by atoms with van der Waals surface area (Å²) in [6, 6.07) is 10.3. The zero-order valence-corrected chi connectivity index (χ0v) is 16.0. The van der Waals surface area contributed by atoms with Gasteiger partial charge in [0.05, 0.1) is 12.6 Å².